The number of fused-ring (bicyclic) bond motifs is 1. The lowest BCUT2D eigenvalue weighted by Crippen LogP contribution is -2.32. The fourth-order valence-corrected chi connectivity index (χ4v) is 2.95. The van der Waals surface area contributed by atoms with Crippen LogP contribution in [0.2, 0.25) is 0 Å². The second-order valence-electron chi connectivity index (χ2n) is 5.57. The van der Waals surface area contributed by atoms with E-state index in [-0.39, 0.29) is 0 Å². The van der Waals surface area contributed by atoms with Crippen LogP contribution in [-0.2, 0) is 19.4 Å². The van der Waals surface area contributed by atoms with Gasteiger partial charge in [0.15, 0.2) is 0 Å². The van der Waals surface area contributed by atoms with Gasteiger partial charge < -0.3 is 10.2 Å². The van der Waals surface area contributed by atoms with Crippen LogP contribution >= 0.6 is 0 Å². The minimum atomic E-state index is 1.01. The van der Waals surface area contributed by atoms with Crippen molar-refractivity contribution < 1.29 is 0 Å². The second kappa shape index (κ2) is 7.66. The molecule has 0 spiro atoms. The molecular formula is C17H28N2. The molecule has 2 heteroatoms. The molecule has 0 unspecified atom stereocenters. The molecule has 0 saturated heterocycles. The Kier molecular flexibility index (Phi) is 5.87. The molecule has 0 amide bonds. The van der Waals surface area contributed by atoms with Crippen molar-refractivity contribution in [1.29, 1.82) is 0 Å². The molecule has 1 aromatic rings. The number of aryl methyl sites for hydroxylation is 2. The molecule has 19 heavy (non-hydrogen) atoms. The zero-order valence-electron chi connectivity index (χ0n) is 12.5. The molecule has 0 aromatic heterocycles. The van der Waals surface area contributed by atoms with Crippen molar-refractivity contribution in [1.82, 2.24) is 10.2 Å². The molecule has 0 atom stereocenters. The van der Waals surface area contributed by atoms with E-state index in [0.717, 1.165) is 26.2 Å². The quantitative estimate of drug-likeness (QED) is 0.723. The molecular weight excluding hydrogens is 232 g/mol. The Morgan fingerprint density at radius 1 is 1.11 bits per heavy atom. The minimum absolute atomic E-state index is 1.01. The first-order chi connectivity index (χ1) is 9.33. The predicted octanol–water partition coefficient (Wildman–Crippen LogP) is 3.00. The summed E-state index contributed by atoms with van der Waals surface area (Å²) >= 11 is 0. The van der Waals surface area contributed by atoms with Crippen LogP contribution in [0.15, 0.2) is 18.2 Å². The average Bonchev–Trinajstić information content (AvgIpc) is 2.89. The first-order valence-electron chi connectivity index (χ1n) is 7.87. The number of nitrogens with one attached hydrogen (secondary N) is 1. The van der Waals surface area contributed by atoms with Crippen LogP contribution < -0.4 is 5.32 Å². The lowest BCUT2D eigenvalue weighted by molar-refractivity contribution is 0.287. The Labute approximate surface area is 118 Å². The Morgan fingerprint density at radius 2 is 1.95 bits per heavy atom. The molecule has 0 bridgehead atoms. The van der Waals surface area contributed by atoms with Gasteiger partial charge in [-0.3, -0.25) is 0 Å². The van der Waals surface area contributed by atoms with E-state index in [1.807, 2.05) is 0 Å². The van der Waals surface area contributed by atoms with Crippen LogP contribution in [0.25, 0.3) is 0 Å². The Bertz CT molecular complexity index is 387. The van der Waals surface area contributed by atoms with Gasteiger partial charge in [0, 0.05) is 19.6 Å². The summed E-state index contributed by atoms with van der Waals surface area (Å²) in [6, 6.07) is 7.02. The minimum Gasteiger partial charge on any atom is -0.311 e. The van der Waals surface area contributed by atoms with Gasteiger partial charge in [0.2, 0.25) is 0 Å². The van der Waals surface area contributed by atoms with E-state index >= 15 is 0 Å². The van der Waals surface area contributed by atoms with E-state index < -0.39 is 0 Å². The lowest BCUT2D eigenvalue weighted by atomic mass is 10.1. The number of benzene rings is 1. The highest BCUT2D eigenvalue weighted by atomic mass is 15.1. The summed E-state index contributed by atoms with van der Waals surface area (Å²) in [4.78, 5) is 2.51. The van der Waals surface area contributed by atoms with Gasteiger partial charge in [-0.25, -0.2) is 0 Å². The molecule has 1 N–H and O–H groups in total. The van der Waals surface area contributed by atoms with Gasteiger partial charge in [-0.05, 0) is 55.5 Å². The van der Waals surface area contributed by atoms with Gasteiger partial charge in [0.1, 0.15) is 0 Å². The van der Waals surface area contributed by atoms with Crippen LogP contribution in [0, 0.1) is 0 Å². The summed E-state index contributed by atoms with van der Waals surface area (Å²) in [6.07, 6.45) is 5.15. The van der Waals surface area contributed by atoms with E-state index in [0.29, 0.717) is 0 Å². The van der Waals surface area contributed by atoms with Crippen molar-refractivity contribution in [3.8, 4) is 0 Å². The molecule has 0 heterocycles. The third kappa shape index (κ3) is 4.32. The molecule has 0 fully saturated rings. The maximum atomic E-state index is 3.57. The zero-order valence-corrected chi connectivity index (χ0v) is 12.5. The van der Waals surface area contributed by atoms with E-state index in [2.05, 4.69) is 42.3 Å². The highest BCUT2D eigenvalue weighted by Gasteiger charge is 2.10. The van der Waals surface area contributed by atoms with Gasteiger partial charge in [-0.15, -0.1) is 0 Å². The third-order valence-corrected chi connectivity index (χ3v) is 4.08. The lowest BCUT2D eigenvalue weighted by Gasteiger charge is -2.19. The Morgan fingerprint density at radius 3 is 2.74 bits per heavy atom. The van der Waals surface area contributed by atoms with Gasteiger partial charge >= 0.3 is 0 Å². The van der Waals surface area contributed by atoms with E-state index in [1.54, 1.807) is 11.1 Å². The smallest absolute Gasteiger partial charge is 0.0206 e. The number of hydrogen-bond donors (Lipinski definition) is 1. The van der Waals surface area contributed by atoms with Crippen LogP contribution in [0.1, 0.15) is 43.4 Å². The van der Waals surface area contributed by atoms with Crippen LogP contribution in [0.5, 0.6) is 0 Å². The van der Waals surface area contributed by atoms with Crippen molar-refractivity contribution in [2.24, 2.45) is 0 Å². The maximum absolute atomic E-state index is 3.57. The standard InChI is InChI=1S/C17H28N2/c1-3-11-19(4-2)12-10-18-14-15-8-9-16-6-5-7-17(16)13-15/h8-9,13,18H,3-7,10-12,14H2,1-2H3. The van der Waals surface area contributed by atoms with Crippen molar-refractivity contribution in [3.05, 3.63) is 34.9 Å². The molecule has 1 aliphatic carbocycles. The normalized spacial score (nSPS) is 14.1. The largest absolute Gasteiger partial charge is 0.311 e. The first-order valence-corrected chi connectivity index (χ1v) is 7.87. The summed E-state index contributed by atoms with van der Waals surface area (Å²) in [5.41, 5.74) is 4.60. The van der Waals surface area contributed by atoms with E-state index in [1.165, 1.54) is 37.8 Å². The summed E-state index contributed by atoms with van der Waals surface area (Å²) in [7, 11) is 0. The SMILES string of the molecule is CCCN(CC)CCNCc1ccc2c(c1)CCC2. The molecule has 0 radical (unpaired) electrons. The summed E-state index contributed by atoms with van der Waals surface area (Å²) in [6.45, 7) is 10.1. The summed E-state index contributed by atoms with van der Waals surface area (Å²) in [5, 5.41) is 3.57. The zero-order chi connectivity index (χ0) is 13.5. The molecule has 106 valence electrons. The highest BCUT2D eigenvalue weighted by Crippen LogP contribution is 2.22. The van der Waals surface area contributed by atoms with Gasteiger partial charge in [-0.1, -0.05) is 32.0 Å². The molecule has 0 saturated carbocycles. The number of likely N-dealkylation sites (N-methyl/N-ethyl adjacent to an activating group) is 1. The van der Waals surface area contributed by atoms with Crippen molar-refractivity contribution in [2.45, 2.75) is 46.1 Å². The monoisotopic (exact) mass is 260 g/mol. The fraction of sp³-hybridized carbons (Fsp3) is 0.647. The maximum Gasteiger partial charge on any atom is 0.0206 e. The number of hydrogen-bond acceptors (Lipinski definition) is 2. The van der Waals surface area contributed by atoms with E-state index in [4.69, 9.17) is 0 Å². The molecule has 2 rings (SSSR count). The molecule has 1 aromatic carbocycles. The van der Waals surface area contributed by atoms with Crippen LogP contribution in [0.4, 0.5) is 0 Å². The summed E-state index contributed by atoms with van der Waals surface area (Å²) < 4.78 is 0. The van der Waals surface area contributed by atoms with Crippen molar-refractivity contribution >= 4 is 0 Å². The van der Waals surface area contributed by atoms with Gasteiger partial charge in [0.05, 0.1) is 0 Å². The molecule has 1 aliphatic rings. The Balaban J connectivity index is 1.71. The van der Waals surface area contributed by atoms with Crippen molar-refractivity contribution in [2.75, 3.05) is 26.2 Å². The summed E-state index contributed by atoms with van der Waals surface area (Å²) in [5.74, 6) is 0. The van der Waals surface area contributed by atoms with Gasteiger partial charge in [0.25, 0.3) is 0 Å². The van der Waals surface area contributed by atoms with Crippen LogP contribution in [0.3, 0.4) is 0 Å². The van der Waals surface area contributed by atoms with E-state index in [9.17, 15) is 0 Å². The third-order valence-electron chi connectivity index (χ3n) is 4.08. The van der Waals surface area contributed by atoms with Crippen molar-refractivity contribution in [3.63, 3.8) is 0 Å². The van der Waals surface area contributed by atoms with Gasteiger partial charge in [-0.2, -0.15) is 0 Å². The number of nitrogens with zero attached hydrogens (tertiary/aromatic N) is 1. The Hall–Kier alpha value is -0.860. The fourth-order valence-electron chi connectivity index (χ4n) is 2.95. The average molecular weight is 260 g/mol. The van der Waals surface area contributed by atoms with Crippen LogP contribution in [-0.4, -0.2) is 31.1 Å². The number of rotatable bonds is 8. The predicted molar refractivity (Wildman–Crippen MR) is 82.6 cm³/mol. The second-order valence-corrected chi connectivity index (χ2v) is 5.57. The first kappa shape index (κ1) is 14.5. The topological polar surface area (TPSA) is 15.3 Å². The molecule has 2 nitrogen and oxygen atoms in total. The molecule has 0 aliphatic heterocycles. The highest BCUT2D eigenvalue weighted by molar-refractivity contribution is 5.35.